The van der Waals surface area contributed by atoms with Crippen molar-refractivity contribution in [2.75, 3.05) is 6.54 Å². The molecule has 1 amide bonds. The predicted octanol–water partition coefficient (Wildman–Crippen LogP) is 2.22. The molecule has 0 aliphatic carbocycles. The smallest absolute Gasteiger partial charge is 0.264 e. The number of aryl methyl sites for hydroxylation is 2. The van der Waals surface area contributed by atoms with Crippen LogP contribution in [0.1, 0.15) is 20.9 Å². The van der Waals surface area contributed by atoms with E-state index >= 15 is 0 Å². The summed E-state index contributed by atoms with van der Waals surface area (Å²) in [7, 11) is 1.90. The van der Waals surface area contributed by atoms with Crippen LogP contribution in [-0.4, -0.2) is 31.8 Å². The molecule has 0 saturated heterocycles. The van der Waals surface area contributed by atoms with Crippen molar-refractivity contribution in [1.29, 1.82) is 0 Å². The minimum absolute atomic E-state index is 0.107. The summed E-state index contributed by atoms with van der Waals surface area (Å²) in [5.74, 6) is -0.107. The molecule has 3 aromatic rings. The lowest BCUT2D eigenvalue weighted by molar-refractivity contribution is 0.0957. The first kappa shape index (κ1) is 15.4. The first-order valence-corrected chi connectivity index (χ1v) is 8.06. The normalized spacial score (nSPS) is 10.7. The van der Waals surface area contributed by atoms with Crippen LogP contribution in [0.25, 0.3) is 11.1 Å². The number of hydrogen-bond acceptors (Lipinski definition) is 5. The van der Waals surface area contributed by atoms with Gasteiger partial charge >= 0.3 is 0 Å². The van der Waals surface area contributed by atoms with Crippen molar-refractivity contribution in [1.82, 2.24) is 24.7 Å². The van der Waals surface area contributed by atoms with Gasteiger partial charge in [0.1, 0.15) is 4.88 Å². The highest BCUT2D eigenvalue weighted by Gasteiger charge is 2.12. The highest BCUT2D eigenvalue weighted by Crippen LogP contribution is 2.18. The summed E-state index contributed by atoms with van der Waals surface area (Å²) < 4.78 is 5.56. The summed E-state index contributed by atoms with van der Waals surface area (Å²) in [5, 5.41) is 10.9. The van der Waals surface area contributed by atoms with Crippen molar-refractivity contribution in [2.24, 2.45) is 7.05 Å². The maximum Gasteiger partial charge on any atom is 0.264 e. The molecule has 0 fully saturated rings. The van der Waals surface area contributed by atoms with Gasteiger partial charge in [-0.2, -0.15) is 5.10 Å². The average molecular weight is 327 g/mol. The number of carbonyl (C=O) groups is 1. The quantitative estimate of drug-likeness (QED) is 0.780. The van der Waals surface area contributed by atoms with Crippen LogP contribution in [0.4, 0.5) is 0 Å². The SMILES string of the molecule is Cc1nnsc1C(=O)NCCc1ccc(-c2cnn(C)c2)cc1. The molecule has 0 spiro atoms. The summed E-state index contributed by atoms with van der Waals surface area (Å²) in [6.07, 6.45) is 4.62. The van der Waals surface area contributed by atoms with Gasteiger partial charge in [-0.05, 0) is 36.0 Å². The van der Waals surface area contributed by atoms with Crippen LogP contribution >= 0.6 is 11.5 Å². The molecule has 6 nitrogen and oxygen atoms in total. The molecule has 0 aliphatic heterocycles. The highest BCUT2D eigenvalue weighted by atomic mass is 32.1. The van der Waals surface area contributed by atoms with Crippen molar-refractivity contribution in [2.45, 2.75) is 13.3 Å². The Balaban J connectivity index is 1.55. The molecule has 0 aliphatic rings. The van der Waals surface area contributed by atoms with Gasteiger partial charge in [0.25, 0.3) is 5.91 Å². The maximum atomic E-state index is 12.0. The van der Waals surface area contributed by atoms with Crippen LogP contribution in [0, 0.1) is 6.92 Å². The third-order valence-electron chi connectivity index (χ3n) is 3.55. The molecule has 23 heavy (non-hydrogen) atoms. The molecular weight excluding hydrogens is 310 g/mol. The number of nitrogens with zero attached hydrogens (tertiary/aromatic N) is 4. The first-order valence-electron chi connectivity index (χ1n) is 7.28. The molecule has 0 unspecified atom stereocenters. The molecule has 0 bridgehead atoms. The molecule has 2 aromatic heterocycles. The van der Waals surface area contributed by atoms with E-state index in [4.69, 9.17) is 0 Å². The number of aromatic nitrogens is 4. The molecule has 0 radical (unpaired) electrons. The van der Waals surface area contributed by atoms with Gasteiger partial charge in [0.15, 0.2) is 0 Å². The largest absolute Gasteiger partial charge is 0.351 e. The van der Waals surface area contributed by atoms with E-state index in [1.807, 2.05) is 19.4 Å². The van der Waals surface area contributed by atoms with Crippen LogP contribution in [0.3, 0.4) is 0 Å². The molecule has 0 atom stereocenters. The lowest BCUT2D eigenvalue weighted by Crippen LogP contribution is -2.25. The molecule has 118 valence electrons. The number of benzene rings is 1. The molecular formula is C16H17N5OS. The number of rotatable bonds is 5. The second-order valence-corrected chi connectivity index (χ2v) is 6.05. The Morgan fingerprint density at radius 3 is 2.65 bits per heavy atom. The van der Waals surface area contributed by atoms with Crippen LogP contribution in [0.2, 0.25) is 0 Å². The standard InChI is InChI=1S/C16H17N5OS/c1-11-15(23-20-19-11)16(22)17-8-7-12-3-5-13(6-4-12)14-9-18-21(2)10-14/h3-6,9-10H,7-8H2,1-2H3,(H,17,22). The van der Waals surface area contributed by atoms with E-state index < -0.39 is 0 Å². The number of carbonyl (C=O) groups excluding carboxylic acids is 1. The maximum absolute atomic E-state index is 12.0. The van der Waals surface area contributed by atoms with Gasteiger partial charge < -0.3 is 5.32 Å². The van der Waals surface area contributed by atoms with Crippen LogP contribution in [0.15, 0.2) is 36.7 Å². The second-order valence-electron chi connectivity index (χ2n) is 5.29. The predicted molar refractivity (Wildman–Crippen MR) is 89.3 cm³/mol. The Hall–Kier alpha value is -2.54. The van der Waals surface area contributed by atoms with Crippen molar-refractivity contribution in [3.63, 3.8) is 0 Å². The fraction of sp³-hybridized carbons (Fsp3) is 0.250. The Bertz CT molecular complexity index is 806. The van der Waals surface area contributed by atoms with Crippen molar-refractivity contribution in [3.8, 4) is 11.1 Å². The molecule has 1 aromatic carbocycles. The Morgan fingerprint density at radius 2 is 2.04 bits per heavy atom. The van der Waals surface area contributed by atoms with Gasteiger partial charge in [-0.1, -0.05) is 28.8 Å². The van der Waals surface area contributed by atoms with E-state index in [1.165, 1.54) is 5.56 Å². The number of amides is 1. The fourth-order valence-electron chi connectivity index (χ4n) is 2.27. The van der Waals surface area contributed by atoms with E-state index in [-0.39, 0.29) is 5.91 Å². The van der Waals surface area contributed by atoms with Gasteiger partial charge in [-0.3, -0.25) is 9.48 Å². The molecule has 1 N–H and O–H groups in total. The van der Waals surface area contributed by atoms with Gasteiger partial charge in [0, 0.05) is 25.4 Å². The molecule has 2 heterocycles. The zero-order chi connectivity index (χ0) is 16.2. The van der Waals surface area contributed by atoms with Gasteiger partial charge in [0.05, 0.1) is 11.9 Å². The van der Waals surface area contributed by atoms with Crippen LogP contribution in [-0.2, 0) is 13.5 Å². The van der Waals surface area contributed by atoms with E-state index in [0.29, 0.717) is 17.1 Å². The summed E-state index contributed by atoms with van der Waals surface area (Å²) in [6.45, 7) is 2.37. The molecule has 0 saturated carbocycles. The first-order chi connectivity index (χ1) is 11.1. The van der Waals surface area contributed by atoms with Gasteiger partial charge in [-0.25, -0.2) is 0 Å². The monoisotopic (exact) mass is 327 g/mol. The number of nitrogens with one attached hydrogen (secondary N) is 1. The Kier molecular flexibility index (Phi) is 4.47. The third-order valence-corrected chi connectivity index (χ3v) is 4.38. The van der Waals surface area contributed by atoms with Gasteiger partial charge in [0.2, 0.25) is 0 Å². The number of hydrogen-bond donors (Lipinski definition) is 1. The highest BCUT2D eigenvalue weighted by molar-refractivity contribution is 7.07. The fourth-order valence-corrected chi connectivity index (χ4v) is 2.85. The summed E-state index contributed by atoms with van der Waals surface area (Å²) >= 11 is 1.12. The summed E-state index contributed by atoms with van der Waals surface area (Å²) in [4.78, 5) is 12.5. The Labute approximate surface area is 138 Å². The zero-order valence-electron chi connectivity index (χ0n) is 13.0. The average Bonchev–Trinajstić information content (AvgIpc) is 3.16. The topological polar surface area (TPSA) is 72.7 Å². The summed E-state index contributed by atoms with van der Waals surface area (Å²) in [5.41, 5.74) is 4.09. The molecule has 3 rings (SSSR count). The minimum Gasteiger partial charge on any atom is -0.351 e. The van der Waals surface area contributed by atoms with Crippen LogP contribution < -0.4 is 5.32 Å². The third kappa shape index (κ3) is 3.62. The Morgan fingerprint density at radius 1 is 1.26 bits per heavy atom. The van der Waals surface area contributed by atoms with E-state index in [2.05, 4.69) is 44.3 Å². The zero-order valence-corrected chi connectivity index (χ0v) is 13.8. The van der Waals surface area contributed by atoms with E-state index in [0.717, 1.165) is 29.1 Å². The van der Waals surface area contributed by atoms with E-state index in [9.17, 15) is 4.79 Å². The second kappa shape index (κ2) is 6.70. The van der Waals surface area contributed by atoms with E-state index in [1.54, 1.807) is 11.6 Å². The lowest BCUT2D eigenvalue weighted by Gasteiger charge is -2.05. The van der Waals surface area contributed by atoms with Crippen LogP contribution in [0.5, 0.6) is 0 Å². The summed E-state index contributed by atoms with van der Waals surface area (Å²) in [6, 6.07) is 8.30. The van der Waals surface area contributed by atoms with Crippen molar-refractivity contribution < 1.29 is 4.79 Å². The lowest BCUT2D eigenvalue weighted by atomic mass is 10.1. The van der Waals surface area contributed by atoms with Crippen molar-refractivity contribution >= 4 is 17.4 Å². The van der Waals surface area contributed by atoms with Gasteiger partial charge in [-0.15, -0.1) is 5.10 Å². The molecule has 7 heteroatoms. The van der Waals surface area contributed by atoms with Crippen molar-refractivity contribution in [3.05, 3.63) is 52.8 Å². The minimum atomic E-state index is -0.107.